The van der Waals surface area contributed by atoms with E-state index in [0.29, 0.717) is 25.2 Å². The van der Waals surface area contributed by atoms with Crippen molar-refractivity contribution in [2.45, 2.75) is 210 Å². The molecule has 0 aromatic carbocycles. The summed E-state index contributed by atoms with van der Waals surface area (Å²) in [6, 6.07) is 0. The molecule has 17 heteroatoms. The minimum atomic E-state index is -1.79. The third-order valence-corrected chi connectivity index (χ3v) is 19.5. The van der Waals surface area contributed by atoms with E-state index in [-0.39, 0.29) is 46.5 Å². The fourth-order valence-electron chi connectivity index (χ4n) is 15.5. The minimum absolute atomic E-state index is 0.0200. The Labute approximate surface area is 376 Å². The summed E-state index contributed by atoms with van der Waals surface area (Å²) >= 11 is 0. The second-order valence-electron chi connectivity index (χ2n) is 22.4. The number of fused-ring (bicyclic) bond motifs is 7. The van der Waals surface area contributed by atoms with Crippen LogP contribution in [-0.4, -0.2) is 180 Å². The molecule has 0 radical (unpaired) electrons. The van der Waals surface area contributed by atoms with Gasteiger partial charge in [-0.2, -0.15) is 0 Å². The first kappa shape index (κ1) is 49.5. The van der Waals surface area contributed by atoms with E-state index >= 15 is 0 Å². The summed E-state index contributed by atoms with van der Waals surface area (Å²) in [6.45, 7) is 16.2. The van der Waals surface area contributed by atoms with E-state index in [1.807, 2.05) is 0 Å². The number of aliphatic hydroxyl groups excluding tert-OH is 11. The van der Waals surface area contributed by atoms with Gasteiger partial charge in [0.25, 0.3) is 0 Å². The molecule has 368 valence electrons. The number of allylic oxidation sites excluding steroid dienone is 1. The van der Waals surface area contributed by atoms with E-state index in [4.69, 9.17) is 28.4 Å². The molecule has 3 heterocycles. The number of aliphatic hydroxyl groups is 11. The van der Waals surface area contributed by atoms with Gasteiger partial charge in [0, 0.05) is 5.41 Å². The van der Waals surface area contributed by atoms with Gasteiger partial charge in [-0.15, -0.1) is 0 Å². The number of hydrogen-bond donors (Lipinski definition) is 11. The molecule has 8 aliphatic rings. The lowest BCUT2D eigenvalue weighted by Crippen LogP contribution is -2.69. The van der Waals surface area contributed by atoms with E-state index in [1.54, 1.807) is 0 Å². The monoisotopic (exact) mass is 915 g/mol. The van der Waals surface area contributed by atoms with Gasteiger partial charge < -0.3 is 84.6 Å². The fourth-order valence-corrected chi connectivity index (χ4v) is 15.5. The molecular weight excluding hydrogens is 836 g/mol. The highest BCUT2D eigenvalue weighted by Crippen LogP contribution is 2.77. The maximum atomic E-state index is 11.5. The first-order chi connectivity index (χ1) is 30.0. The highest BCUT2D eigenvalue weighted by atomic mass is 16.8. The van der Waals surface area contributed by atoms with Crippen LogP contribution >= 0.6 is 0 Å². The van der Waals surface area contributed by atoms with Crippen molar-refractivity contribution in [1.82, 2.24) is 0 Å². The van der Waals surface area contributed by atoms with E-state index in [2.05, 4.69) is 41.2 Å². The molecule has 3 aliphatic heterocycles. The van der Waals surface area contributed by atoms with Gasteiger partial charge in [0.15, 0.2) is 18.9 Å². The van der Waals surface area contributed by atoms with Crippen LogP contribution in [0.3, 0.4) is 0 Å². The van der Waals surface area contributed by atoms with Gasteiger partial charge in [-0.25, -0.2) is 0 Å². The first-order valence-corrected chi connectivity index (χ1v) is 23.9. The van der Waals surface area contributed by atoms with E-state index in [0.717, 1.165) is 50.5 Å². The second-order valence-corrected chi connectivity index (χ2v) is 22.4. The predicted octanol–water partition coefficient (Wildman–Crippen LogP) is 0.222. The molecule has 0 aromatic rings. The largest absolute Gasteiger partial charge is 0.396 e. The van der Waals surface area contributed by atoms with Crippen molar-refractivity contribution < 1.29 is 84.6 Å². The van der Waals surface area contributed by atoms with Crippen molar-refractivity contribution in [3.05, 3.63) is 12.2 Å². The maximum Gasteiger partial charge on any atom is 0.187 e. The first-order valence-electron chi connectivity index (χ1n) is 23.9. The third kappa shape index (κ3) is 7.53. The Hall–Kier alpha value is -0.940. The number of rotatable bonds is 10. The van der Waals surface area contributed by atoms with Crippen molar-refractivity contribution >= 4 is 0 Å². The Kier molecular flexibility index (Phi) is 13.8. The van der Waals surface area contributed by atoms with Crippen LogP contribution in [0.4, 0.5) is 0 Å². The Balaban J connectivity index is 0.977. The summed E-state index contributed by atoms with van der Waals surface area (Å²) in [5.74, 6) is 1.04. The van der Waals surface area contributed by atoms with Crippen LogP contribution in [0.25, 0.3) is 0 Å². The number of hydrogen-bond acceptors (Lipinski definition) is 17. The standard InChI is InChI=1S/C47H78O17/c1-21(2)23-10-15-47(17-16-45(6)24(30(23)47)8-9-28-43(4)13-12-29(50)44(5,20-49)27(43)11-14-46(28,45)7)64-42-37(57)34(54)32(52)26(62-42)19-59-40-38(58)35(55)39(25(18-48)61-40)63-41-36(56)33(53)31(51)22(3)60-41/h22-42,48-58H,1,8-20H2,2-7H3/t22-,23+,24+,25-,26-,27+,28+,29-,30-,31-,32-,33+,34+,35-,36-,37-,38-,39-,40-,41+,42+,43+,44-,45+,46+,47-/m0/s1. The zero-order valence-electron chi connectivity index (χ0n) is 38.4. The van der Waals surface area contributed by atoms with Gasteiger partial charge in [0.2, 0.25) is 0 Å². The SMILES string of the molecule is C=C(C)[C@H]1CC[C@]2(O[C@H]3O[C@@H](CO[C@H]4O[C@@H](CO)[C@H](O[C@H]5O[C@@H](C)[C@H](O)[C@@H](O)[C@@H]5O)[C@@H](O)[C@@H]4O)[C@H](O)[C@@H](O)[C@@H]3O)CC[C@]3(C)[C@H](CC[C@@H]4[C@]5(C)CC[C@H](O)[C@@](C)(CO)[C@@H]5CC[C@]43C)[C@H]12. The molecule has 8 rings (SSSR count). The average molecular weight is 915 g/mol. The lowest BCUT2D eigenvalue weighted by Gasteiger charge is -2.73. The smallest absolute Gasteiger partial charge is 0.187 e. The molecule has 0 aromatic heterocycles. The van der Waals surface area contributed by atoms with Crippen LogP contribution in [0.2, 0.25) is 0 Å². The van der Waals surface area contributed by atoms with Crippen LogP contribution in [0, 0.1) is 51.2 Å². The van der Waals surface area contributed by atoms with Crippen LogP contribution in [-0.2, 0) is 28.4 Å². The summed E-state index contributed by atoms with van der Waals surface area (Å²) in [6.07, 6.45) is -14.7. The number of ether oxygens (including phenoxy) is 6. The van der Waals surface area contributed by atoms with E-state index in [9.17, 15) is 56.2 Å². The van der Waals surface area contributed by atoms with Crippen LogP contribution in [0.5, 0.6) is 0 Å². The lowest BCUT2D eigenvalue weighted by molar-refractivity contribution is -0.368. The Morgan fingerprint density at radius 3 is 1.95 bits per heavy atom. The zero-order valence-corrected chi connectivity index (χ0v) is 38.4. The summed E-state index contributed by atoms with van der Waals surface area (Å²) in [7, 11) is 0. The van der Waals surface area contributed by atoms with Crippen LogP contribution < -0.4 is 0 Å². The molecule has 0 bridgehead atoms. The van der Waals surface area contributed by atoms with Gasteiger partial charge in [-0.1, -0.05) is 39.8 Å². The minimum Gasteiger partial charge on any atom is -0.396 e. The molecule has 17 nitrogen and oxygen atoms in total. The van der Waals surface area contributed by atoms with Crippen LogP contribution in [0.15, 0.2) is 12.2 Å². The predicted molar refractivity (Wildman–Crippen MR) is 225 cm³/mol. The zero-order chi connectivity index (χ0) is 46.6. The van der Waals surface area contributed by atoms with Gasteiger partial charge in [0.05, 0.1) is 37.6 Å². The van der Waals surface area contributed by atoms with Crippen LogP contribution in [0.1, 0.15) is 106 Å². The maximum absolute atomic E-state index is 11.5. The van der Waals surface area contributed by atoms with Crippen molar-refractivity contribution in [1.29, 1.82) is 0 Å². The van der Waals surface area contributed by atoms with Gasteiger partial charge in [0.1, 0.15) is 67.1 Å². The Bertz CT molecular complexity index is 1670. The van der Waals surface area contributed by atoms with Gasteiger partial charge in [-0.3, -0.25) is 0 Å². The third-order valence-electron chi connectivity index (χ3n) is 19.5. The highest BCUT2D eigenvalue weighted by Gasteiger charge is 2.72. The molecular formula is C47H78O17. The molecule has 0 spiro atoms. The van der Waals surface area contributed by atoms with Crippen molar-refractivity contribution in [3.8, 4) is 0 Å². The Morgan fingerprint density at radius 2 is 1.28 bits per heavy atom. The van der Waals surface area contributed by atoms with Crippen molar-refractivity contribution in [2.24, 2.45) is 51.2 Å². The van der Waals surface area contributed by atoms with E-state index < -0.39 is 122 Å². The molecule has 5 saturated carbocycles. The summed E-state index contributed by atoms with van der Waals surface area (Å²) in [5, 5.41) is 119. The van der Waals surface area contributed by atoms with Gasteiger partial charge in [-0.05, 0) is 124 Å². The molecule has 26 atom stereocenters. The fraction of sp³-hybridized carbons (Fsp3) is 0.957. The molecule has 5 aliphatic carbocycles. The normalized spacial score (nSPS) is 57.5. The highest BCUT2D eigenvalue weighted by molar-refractivity contribution is 5.23. The topological polar surface area (TPSA) is 278 Å². The van der Waals surface area contributed by atoms with E-state index in [1.165, 1.54) is 6.92 Å². The summed E-state index contributed by atoms with van der Waals surface area (Å²) in [4.78, 5) is 0. The summed E-state index contributed by atoms with van der Waals surface area (Å²) in [5.41, 5.74) is -0.334. The van der Waals surface area contributed by atoms with Gasteiger partial charge >= 0.3 is 0 Å². The molecule has 0 amide bonds. The van der Waals surface area contributed by atoms with Crippen molar-refractivity contribution in [2.75, 3.05) is 19.8 Å². The molecule has 0 unspecified atom stereocenters. The van der Waals surface area contributed by atoms with Crippen molar-refractivity contribution in [3.63, 3.8) is 0 Å². The molecule has 3 saturated heterocycles. The molecule has 11 N–H and O–H groups in total. The quantitative estimate of drug-likeness (QED) is 0.103. The Morgan fingerprint density at radius 1 is 0.625 bits per heavy atom. The lowest BCUT2D eigenvalue weighted by atomic mass is 9.32. The second kappa shape index (κ2) is 17.8. The molecule has 64 heavy (non-hydrogen) atoms. The average Bonchev–Trinajstić information content (AvgIpc) is 3.65. The molecule has 8 fully saturated rings. The summed E-state index contributed by atoms with van der Waals surface area (Å²) < 4.78 is 36.2.